The van der Waals surface area contributed by atoms with Crippen LogP contribution in [0, 0.1) is 12.8 Å². The molecule has 1 atom stereocenters. The molecule has 2 N–H and O–H groups in total. The number of aryl methyl sites for hydroxylation is 1. The third-order valence-corrected chi connectivity index (χ3v) is 3.34. The standard InChI is InChI=1S/C15H22N2O3/c1-3-12(4-5-14(18)19)6-8-17-15(20)13-7-9-16-11(2)10-13/h7,9-10,12H,3-6,8H2,1-2H3,(H,17,20)(H,18,19). The van der Waals surface area contributed by atoms with Crippen LogP contribution in [0.15, 0.2) is 18.3 Å². The van der Waals surface area contributed by atoms with Gasteiger partial charge in [-0.1, -0.05) is 13.3 Å². The van der Waals surface area contributed by atoms with E-state index in [0.29, 0.717) is 24.4 Å². The number of pyridine rings is 1. The zero-order chi connectivity index (χ0) is 15.0. The van der Waals surface area contributed by atoms with Crippen molar-refractivity contribution in [1.29, 1.82) is 0 Å². The average molecular weight is 278 g/mol. The van der Waals surface area contributed by atoms with E-state index in [1.165, 1.54) is 0 Å². The Hall–Kier alpha value is -1.91. The lowest BCUT2D eigenvalue weighted by atomic mass is 9.96. The molecule has 0 bridgehead atoms. The Morgan fingerprint density at radius 3 is 2.75 bits per heavy atom. The molecule has 1 heterocycles. The maximum Gasteiger partial charge on any atom is 0.303 e. The van der Waals surface area contributed by atoms with Crippen molar-refractivity contribution in [3.63, 3.8) is 0 Å². The number of carbonyl (C=O) groups excluding carboxylic acids is 1. The Labute approximate surface area is 119 Å². The van der Waals surface area contributed by atoms with Crippen LogP contribution in [0.25, 0.3) is 0 Å². The third kappa shape index (κ3) is 5.82. The number of nitrogens with one attached hydrogen (secondary N) is 1. The normalized spacial score (nSPS) is 11.9. The van der Waals surface area contributed by atoms with Crippen LogP contribution in [0.1, 0.15) is 48.7 Å². The lowest BCUT2D eigenvalue weighted by Crippen LogP contribution is -2.26. The highest BCUT2D eigenvalue weighted by molar-refractivity contribution is 5.94. The minimum Gasteiger partial charge on any atom is -0.481 e. The summed E-state index contributed by atoms with van der Waals surface area (Å²) in [7, 11) is 0. The SMILES string of the molecule is CCC(CCNC(=O)c1ccnc(C)c1)CCC(=O)O. The van der Waals surface area contributed by atoms with E-state index < -0.39 is 5.97 Å². The largest absolute Gasteiger partial charge is 0.481 e. The number of carboxylic acid groups (broad SMARTS) is 1. The smallest absolute Gasteiger partial charge is 0.303 e. The highest BCUT2D eigenvalue weighted by atomic mass is 16.4. The van der Waals surface area contributed by atoms with Crippen molar-refractivity contribution in [2.24, 2.45) is 5.92 Å². The molecule has 0 aliphatic rings. The summed E-state index contributed by atoms with van der Waals surface area (Å²) in [6.07, 6.45) is 4.20. The summed E-state index contributed by atoms with van der Waals surface area (Å²) >= 11 is 0. The molecule has 1 rings (SSSR count). The maximum atomic E-state index is 11.9. The van der Waals surface area contributed by atoms with E-state index in [9.17, 15) is 9.59 Å². The van der Waals surface area contributed by atoms with Crippen molar-refractivity contribution in [3.05, 3.63) is 29.6 Å². The lowest BCUT2D eigenvalue weighted by Gasteiger charge is -2.14. The van der Waals surface area contributed by atoms with Crippen molar-refractivity contribution >= 4 is 11.9 Å². The number of amides is 1. The first kappa shape index (κ1) is 16.1. The molecule has 0 saturated carbocycles. The minimum atomic E-state index is -0.764. The molecular weight excluding hydrogens is 256 g/mol. The van der Waals surface area contributed by atoms with Gasteiger partial charge in [-0.15, -0.1) is 0 Å². The van der Waals surface area contributed by atoms with Crippen LogP contribution in [-0.4, -0.2) is 28.5 Å². The van der Waals surface area contributed by atoms with Gasteiger partial charge in [0, 0.05) is 30.4 Å². The molecule has 5 heteroatoms. The van der Waals surface area contributed by atoms with Gasteiger partial charge in [-0.3, -0.25) is 14.6 Å². The second-order valence-electron chi connectivity index (χ2n) is 4.94. The van der Waals surface area contributed by atoms with Crippen molar-refractivity contribution in [3.8, 4) is 0 Å². The van der Waals surface area contributed by atoms with Gasteiger partial charge in [0.05, 0.1) is 0 Å². The van der Waals surface area contributed by atoms with Crippen LogP contribution in [0.2, 0.25) is 0 Å². The van der Waals surface area contributed by atoms with Crippen LogP contribution < -0.4 is 5.32 Å². The van der Waals surface area contributed by atoms with E-state index in [1.54, 1.807) is 18.3 Å². The molecule has 110 valence electrons. The molecule has 1 amide bonds. The summed E-state index contributed by atoms with van der Waals surface area (Å²) in [5.41, 5.74) is 1.42. The molecule has 0 aliphatic carbocycles. The Balaban J connectivity index is 2.35. The molecular formula is C15H22N2O3. The molecule has 0 fully saturated rings. The van der Waals surface area contributed by atoms with Crippen molar-refractivity contribution in [2.45, 2.75) is 39.5 Å². The van der Waals surface area contributed by atoms with Crippen LogP contribution in [-0.2, 0) is 4.79 Å². The summed E-state index contributed by atoms with van der Waals surface area (Å²) in [5, 5.41) is 11.5. The van der Waals surface area contributed by atoms with Gasteiger partial charge in [0.15, 0.2) is 0 Å². The van der Waals surface area contributed by atoms with Gasteiger partial charge in [0.25, 0.3) is 5.91 Å². The molecule has 0 radical (unpaired) electrons. The number of nitrogens with zero attached hydrogens (tertiary/aromatic N) is 1. The number of rotatable bonds is 8. The first-order valence-corrected chi connectivity index (χ1v) is 6.95. The second-order valence-corrected chi connectivity index (χ2v) is 4.94. The molecule has 1 unspecified atom stereocenters. The summed E-state index contributed by atoms with van der Waals surface area (Å²) < 4.78 is 0. The predicted octanol–water partition coefficient (Wildman–Crippen LogP) is 2.40. The molecule has 0 aliphatic heterocycles. The number of aliphatic carboxylic acids is 1. The first-order valence-electron chi connectivity index (χ1n) is 6.95. The molecule has 1 aromatic heterocycles. The van der Waals surface area contributed by atoms with Crippen molar-refractivity contribution in [1.82, 2.24) is 10.3 Å². The average Bonchev–Trinajstić information content (AvgIpc) is 2.42. The number of aromatic nitrogens is 1. The van der Waals surface area contributed by atoms with Crippen LogP contribution in [0.4, 0.5) is 0 Å². The van der Waals surface area contributed by atoms with Gasteiger partial charge < -0.3 is 10.4 Å². The monoisotopic (exact) mass is 278 g/mol. The topological polar surface area (TPSA) is 79.3 Å². The Kier molecular flexibility index (Phi) is 6.70. The summed E-state index contributed by atoms with van der Waals surface area (Å²) in [5.74, 6) is -0.533. The number of carboxylic acids is 1. The summed E-state index contributed by atoms with van der Waals surface area (Å²) in [6.45, 7) is 4.45. The van der Waals surface area contributed by atoms with E-state index in [0.717, 1.165) is 18.5 Å². The van der Waals surface area contributed by atoms with E-state index in [2.05, 4.69) is 10.3 Å². The zero-order valence-corrected chi connectivity index (χ0v) is 12.1. The molecule has 0 spiro atoms. The highest BCUT2D eigenvalue weighted by Gasteiger charge is 2.10. The Morgan fingerprint density at radius 1 is 1.40 bits per heavy atom. The fraction of sp³-hybridized carbons (Fsp3) is 0.533. The number of hydrogen-bond acceptors (Lipinski definition) is 3. The zero-order valence-electron chi connectivity index (χ0n) is 12.1. The van der Waals surface area contributed by atoms with E-state index in [-0.39, 0.29) is 12.3 Å². The first-order chi connectivity index (χ1) is 9.52. The van der Waals surface area contributed by atoms with Crippen LogP contribution in [0.3, 0.4) is 0 Å². The minimum absolute atomic E-state index is 0.108. The maximum absolute atomic E-state index is 11.9. The van der Waals surface area contributed by atoms with Gasteiger partial charge in [-0.2, -0.15) is 0 Å². The predicted molar refractivity (Wildman–Crippen MR) is 76.6 cm³/mol. The molecule has 0 aromatic carbocycles. The summed E-state index contributed by atoms with van der Waals surface area (Å²) in [6, 6.07) is 3.43. The van der Waals surface area contributed by atoms with Crippen molar-refractivity contribution in [2.75, 3.05) is 6.54 Å². The van der Waals surface area contributed by atoms with Gasteiger partial charge >= 0.3 is 5.97 Å². The lowest BCUT2D eigenvalue weighted by molar-refractivity contribution is -0.137. The Morgan fingerprint density at radius 2 is 2.15 bits per heavy atom. The van der Waals surface area contributed by atoms with Crippen LogP contribution >= 0.6 is 0 Å². The van der Waals surface area contributed by atoms with Gasteiger partial charge in [-0.05, 0) is 37.8 Å². The number of hydrogen-bond donors (Lipinski definition) is 2. The molecule has 5 nitrogen and oxygen atoms in total. The second kappa shape index (κ2) is 8.30. The van der Waals surface area contributed by atoms with Gasteiger partial charge in [0.1, 0.15) is 0 Å². The van der Waals surface area contributed by atoms with E-state index >= 15 is 0 Å². The van der Waals surface area contributed by atoms with E-state index in [4.69, 9.17) is 5.11 Å². The third-order valence-electron chi connectivity index (χ3n) is 3.34. The van der Waals surface area contributed by atoms with E-state index in [1.807, 2.05) is 13.8 Å². The Bertz CT molecular complexity index is 460. The highest BCUT2D eigenvalue weighted by Crippen LogP contribution is 2.14. The quantitative estimate of drug-likeness (QED) is 0.765. The molecule has 0 saturated heterocycles. The van der Waals surface area contributed by atoms with Gasteiger partial charge in [0.2, 0.25) is 0 Å². The fourth-order valence-corrected chi connectivity index (χ4v) is 2.06. The fourth-order valence-electron chi connectivity index (χ4n) is 2.06. The summed E-state index contributed by atoms with van der Waals surface area (Å²) in [4.78, 5) is 26.5. The number of carbonyl (C=O) groups is 2. The van der Waals surface area contributed by atoms with Gasteiger partial charge in [-0.25, -0.2) is 0 Å². The molecule has 1 aromatic rings. The van der Waals surface area contributed by atoms with Crippen LogP contribution in [0.5, 0.6) is 0 Å². The van der Waals surface area contributed by atoms with Crippen molar-refractivity contribution < 1.29 is 14.7 Å². The molecule has 20 heavy (non-hydrogen) atoms.